The Balaban J connectivity index is 1.89. The molecule has 1 aromatic rings. The summed E-state index contributed by atoms with van der Waals surface area (Å²) in [5.41, 5.74) is 8.76. The predicted molar refractivity (Wildman–Crippen MR) is 64.4 cm³/mol. The summed E-state index contributed by atoms with van der Waals surface area (Å²) in [6, 6.07) is 8.85. The molecule has 0 bridgehead atoms. The highest BCUT2D eigenvalue weighted by Crippen LogP contribution is 2.46. The molecule has 2 saturated carbocycles. The van der Waals surface area contributed by atoms with Crippen LogP contribution in [-0.4, -0.2) is 17.8 Å². The first-order chi connectivity index (χ1) is 7.73. The molecule has 2 nitrogen and oxygen atoms in total. The Morgan fingerprint density at radius 2 is 2.06 bits per heavy atom. The third kappa shape index (κ3) is 1.57. The van der Waals surface area contributed by atoms with Gasteiger partial charge in [0.15, 0.2) is 0 Å². The molecule has 2 aliphatic rings. The highest BCUT2D eigenvalue weighted by Gasteiger charge is 2.44. The van der Waals surface area contributed by atoms with E-state index >= 15 is 0 Å². The predicted octanol–water partition coefficient (Wildman–Crippen LogP) is 1.92. The minimum absolute atomic E-state index is 0.0598. The second-order valence-corrected chi connectivity index (χ2v) is 5.45. The number of nitrogens with two attached hydrogens (primary N) is 1. The molecule has 0 aromatic heterocycles. The van der Waals surface area contributed by atoms with Crippen LogP contribution in [0, 0.1) is 0 Å². The molecular formula is C14H19NO. The van der Waals surface area contributed by atoms with Gasteiger partial charge in [0.25, 0.3) is 0 Å². The third-order valence-electron chi connectivity index (χ3n) is 4.19. The molecule has 0 unspecified atom stereocenters. The number of rotatable bonds is 3. The van der Waals surface area contributed by atoms with Crippen LogP contribution < -0.4 is 5.73 Å². The maximum absolute atomic E-state index is 9.51. The molecule has 16 heavy (non-hydrogen) atoms. The van der Waals surface area contributed by atoms with Crippen molar-refractivity contribution in [2.75, 3.05) is 6.54 Å². The summed E-state index contributed by atoms with van der Waals surface area (Å²) in [6.07, 6.45) is 4.19. The first-order valence-corrected chi connectivity index (χ1v) is 6.22. The quantitative estimate of drug-likeness (QED) is 0.812. The van der Waals surface area contributed by atoms with E-state index in [1.807, 2.05) is 0 Å². The van der Waals surface area contributed by atoms with Gasteiger partial charge in [-0.3, -0.25) is 0 Å². The fraction of sp³-hybridized carbons (Fsp3) is 0.571. The van der Waals surface area contributed by atoms with Crippen LogP contribution in [0.3, 0.4) is 0 Å². The van der Waals surface area contributed by atoms with Crippen molar-refractivity contribution in [3.05, 3.63) is 35.4 Å². The van der Waals surface area contributed by atoms with Crippen molar-refractivity contribution < 1.29 is 5.11 Å². The van der Waals surface area contributed by atoms with Gasteiger partial charge in [-0.1, -0.05) is 24.3 Å². The van der Waals surface area contributed by atoms with Gasteiger partial charge in [-0.25, -0.2) is 0 Å². The maximum Gasteiger partial charge on any atom is 0.0558 e. The highest BCUT2D eigenvalue weighted by molar-refractivity contribution is 5.36. The zero-order valence-electron chi connectivity index (χ0n) is 9.52. The Hall–Kier alpha value is -0.860. The van der Waals surface area contributed by atoms with E-state index in [9.17, 15) is 5.11 Å². The van der Waals surface area contributed by atoms with E-state index in [1.165, 1.54) is 24.0 Å². The van der Waals surface area contributed by atoms with Crippen molar-refractivity contribution in [1.82, 2.24) is 0 Å². The van der Waals surface area contributed by atoms with E-state index in [0.717, 1.165) is 18.8 Å². The molecule has 0 aliphatic heterocycles. The Morgan fingerprint density at radius 1 is 1.31 bits per heavy atom. The molecule has 3 N–H and O–H groups in total. The van der Waals surface area contributed by atoms with E-state index in [1.54, 1.807) is 0 Å². The van der Waals surface area contributed by atoms with Gasteiger partial charge in [-0.05, 0) is 42.7 Å². The summed E-state index contributed by atoms with van der Waals surface area (Å²) in [5.74, 6) is 0.791. The standard InChI is InChI=1S/C14H19NO/c15-9-14(7-13(16)8-14)12-3-1-2-11(6-12)10-4-5-10/h1-3,6,10,13,16H,4-5,7-9,15H2. The van der Waals surface area contributed by atoms with Crippen LogP contribution in [-0.2, 0) is 5.41 Å². The van der Waals surface area contributed by atoms with Crippen LogP contribution in [0.2, 0.25) is 0 Å². The molecule has 2 aliphatic carbocycles. The SMILES string of the molecule is NCC1(c2cccc(C3CC3)c2)CC(O)C1. The van der Waals surface area contributed by atoms with E-state index < -0.39 is 0 Å². The summed E-state index contributed by atoms with van der Waals surface area (Å²) < 4.78 is 0. The first kappa shape index (κ1) is 10.3. The topological polar surface area (TPSA) is 46.2 Å². The van der Waals surface area contributed by atoms with Crippen molar-refractivity contribution in [2.45, 2.75) is 43.1 Å². The van der Waals surface area contributed by atoms with Gasteiger partial charge in [0.1, 0.15) is 0 Å². The largest absolute Gasteiger partial charge is 0.393 e. The van der Waals surface area contributed by atoms with Gasteiger partial charge in [0.2, 0.25) is 0 Å². The molecule has 0 amide bonds. The molecule has 0 heterocycles. The molecule has 0 spiro atoms. The summed E-state index contributed by atoms with van der Waals surface area (Å²) in [5, 5.41) is 9.51. The van der Waals surface area contributed by atoms with Gasteiger partial charge in [-0.2, -0.15) is 0 Å². The van der Waals surface area contributed by atoms with Gasteiger partial charge >= 0.3 is 0 Å². The lowest BCUT2D eigenvalue weighted by Crippen LogP contribution is -2.49. The number of aliphatic hydroxyl groups excluding tert-OH is 1. The lowest BCUT2D eigenvalue weighted by molar-refractivity contribution is 0.0221. The third-order valence-corrected chi connectivity index (χ3v) is 4.19. The Morgan fingerprint density at radius 3 is 2.62 bits per heavy atom. The summed E-state index contributed by atoms with van der Waals surface area (Å²) in [6.45, 7) is 0.651. The smallest absolute Gasteiger partial charge is 0.0558 e. The van der Waals surface area contributed by atoms with Gasteiger partial charge in [0, 0.05) is 12.0 Å². The second-order valence-electron chi connectivity index (χ2n) is 5.45. The van der Waals surface area contributed by atoms with Crippen LogP contribution in [0.5, 0.6) is 0 Å². The number of hydrogen-bond acceptors (Lipinski definition) is 2. The molecule has 0 atom stereocenters. The normalized spacial score (nSPS) is 33.5. The minimum Gasteiger partial charge on any atom is -0.393 e. The summed E-state index contributed by atoms with van der Waals surface area (Å²) in [7, 11) is 0. The van der Waals surface area contributed by atoms with Crippen molar-refractivity contribution in [2.24, 2.45) is 5.73 Å². The maximum atomic E-state index is 9.51. The lowest BCUT2D eigenvalue weighted by atomic mass is 9.62. The van der Waals surface area contributed by atoms with Gasteiger partial charge in [0.05, 0.1) is 6.10 Å². The zero-order chi connectivity index (χ0) is 11.2. The van der Waals surface area contributed by atoms with Crippen LogP contribution >= 0.6 is 0 Å². The average molecular weight is 217 g/mol. The van der Waals surface area contributed by atoms with Crippen LogP contribution in [0.15, 0.2) is 24.3 Å². The molecule has 86 valence electrons. The monoisotopic (exact) mass is 217 g/mol. The summed E-state index contributed by atoms with van der Waals surface area (Å²) in [4.78, 5) is 0. The van der Waals surface area contributed by atoms with Crippen molar-refractivity contribution >= 4 is 0 Å². The zero-order valence-corrected chi connectivity index (χ0v) is 9.52. The Bertz CT molecular complexity index is 391. The Labute approximate surface area is 96.5 Å². The van der Waals surface area contributed by atoms with E-state index in [-0.39, 0.29) is 11.5 Å². The fourth-order valence-electron chi connectivity index (χ4n) is 2.90. The number of hydrogen-bond donors (Lipinski definition) is 2. The Kier molecular flexibility index (Phi) is 2.30. The van der Waals surface area contributed by atoms with E-state index in [4.69, 9.17) is 5.73 Å². The molecule has 1 aromatic carbocycles. The van der Waals surface area contributed by atoms with Crippen LogP contribution in [0.25, 0.3) is 0 Å². The van der Waals surface area contributed by atoms with Crippen molar-refractivity contribution in [3.8, 4) is 0 Å². The molecule has 3 rings (SSSR count). The minimum atomic E-state index is -0.145. The van der Waals surface area contributed by atoms with Crippen LogP contribution in [0.4, 0.5) is 0 Å². The average Bonchev–Trinajstić information content (AvgIpc) is 3.08. The molecule has 0 radical (unpaired) electrons. The van der Waals surface area contributed by atoms with Gasteiger partial charge < -0.3 is 10.8 Å². The molecule has 2 fully saturated rings. The highest BCUT2D eigenvalue weighted by atomic mass is 16.3. The molecule has 0 saturated heterocycles. The van der Waals surface area contributed by atoms with Crippen molar-refractivity contribution in [3.63, 3.8) is 0 Å². The van der Waals surface area contributed by atoms with Crippen LogP contribution in [0.1, 0.15) is 42.7 Å². The second kappa shape index (κ2) is 3.57. The van der Waals surface area contributed by atoms with Gasteiger partial charge in [-0.15, -0.1) is 0 Å². The first-order valence-electron chi connectivity index (χ1n) is 6.22. The number of aliphatic hydroxyl groups is 1. The molecule has 2 heteroatoms. The van der Waals surface area contributed by atoms with E-state index in [0.29, 0.717) is 6.54 Å². The molecular weight excluding hydrogens is 198 g/mol. The summed E-state index contributed by atoms with van der Waals surface area (Å²) >= 11 is 0. The fourth-order valence-corrected chi connectivity index (χ4v) is 2.90. The number of benzene rings is 1. The van der Waals surface area contributed by atoms with E-state index in [2.05, 4.69) is 24.3 Å². The lowest BCUT2D eigenvalue weighted by Gasteiger charge is -2.45. The van der Waals surface area contributed by atoms with Crippen molar-refractivity contribution in [1.29, 1.82) is 0 Å².